The molecule has 0 aliphatic carbocycles. The minimum Gasteiger partial charge on any atom is -0.497 e. The number of methoxy groups -OCH3 is 1. The Morgan fingerprint density at radius 1 is 1.14 bits per heavy atom. The van der Waals surface area contributed by atoms with Crippen LogP contribution in [-0.2, 0) is 6.61 Å². The normalized spacial score (nSPS) is 10.8. The molecule has 2 aromatic carbocycles. The molecule has 0 bridgehead atoms. The molecule has 1 amide bonds. The molecule has 0 spiro atoms. The summed E-state index contributed by atoms with van der Waals surface area (Å²) < 4.78 is 12.0. The van der Waals surface area contributed by atoms with Crippen LogP contribution in [0.2, 0.25) is 0 Å². The van der Waals surface area contributed by atoms with Crippen LogP contribution in [0.5, 0.6) is 11.5 Å². The Kier molecular flexibility index (Phi) is 5.27. The number of benzene rings is 2. The van der Waals surface area contributed by atoms with E-state index in [0.717, 1.165) is 27.3 Å². The molecule has 28 heavy (non-hydrogen) atoms. The topological polar surface area (TPSA) is 60.5 Å². The summed E-state index contributed by atoms with van der Waals surface area (Å²) in [4.78, 5) is 17.6. The van der Waals surface area contributed by atoms with Gasteiger partial charge in [-0.05, 0) is 48.2 Å². The zero-order valence-electron chi connectivity index (χ0n) is 15.4. The molecule has 0 unspecified atom stereocenters. The zero-order chi connectivity index (χ0) is 19.5. The number of anilines is 1. The molecule has 0 fully saturated rings. The van der Waals surface area contributed by atoms with E-state index in [9.17, 15) is 4.79 Å². The number of hydrogen-bond acceptors (Lipinski definition) is 6. The van der Waals surface area contributed by atoms with Gasteiger partial charge in [0.25, 0.3) is 5.91 Å². The number of carbonyl (C=O) groups excluding carboxylic acids is 1. The zero-order valence-corrected chi connectivity index (χ0v) is 17.0. The standard InChI is InChI=1S/C21H18N2O3S2/c1-13-6-7-17-18(8-13)28-21(22-17)23-20(24)19-9-14(12-27-19)11-26-16-5-3-4-15(10-16)25-2/h3-10,12H,11H2,1-2H3,(H,22,23,24). The fourth-order valence-electron chi connectivity index (χ4n) is 2.67. The Morgan fingerprint density at radius 3 is 2.86 bits per heavy atom. The first-order valence-electron chi connectivity index (χ1n) is 8.63. The van der Waals surface area contributed by atoms with Crippen molar-refractivity contribution < 1.29 is 14.3 Å². The number of nitrogens with zero attached hydrogens (tertiary/aromatic N) is 1. The molecule has 5 nitrogen and oxygen atoms in total. The van der Waals surface area contributed by atoms with E-state index in [0.29, 0.717) is 16.6 Å². The first-order chi connectivity index (χ1) is 13.6. The van der Waals surface area contributed by atoms with E-state index in [1.54, 1.807) is 7.11 Å². The third kappa shape index (κ3) is 4.16. The summed E-state index contributed by atoms with van der Waals surface area (Å²) in [6, 6.07) is 15.3. The van der Waals surface area contributed by atoms with Gasteiger partial charge >= 0.3 is 0 Å². The minimum atomic E-state index is -0.159. The summed E-state index contributed by atoms with van der Waals surface area (Å²) in [6.07, 6.45) is 0. The van der Waals surface area contributed by atoms with Crippen LogP contribution in [0, 0.1) is 6.92 Å². The lowest BCUT2D eigenvalue weighted by Gasteiger charge is -2.06. The van der Waals surface area contributed by atoms with E-state index in [2.05, 4.69) is 16.4 Å². The first kappa shape index (κ1) is 18.5. The van der Waals surface area contributed by atoms with E-state index < -0.39 is 0 Å². The summed E-state index contributed by atoms with van der Waals surface area (Å²) in [7, 11) is 1.62. The molecule has 0 saturated carbocycles. The van der Waals surface area contributed by atoms with Gasteiger partial charge in [0, 0.05) is 11.6 Å². The average Bonchev–Trinajstić information content (AvgIpc) is 3.32. The number of fused-ring (bicyclic) bond motifs is 1. The van der Waals surface area contributed by atoms with Gasteiger partial charge in [0.05, 0.1) is 22.2 Å². The van der Waals surface area contributed by atoms with Crippen molar-refractivity contribution in [2.24, 2.45) is 0 Å². The summed E-state index contributed by atoms with van der Waals surface area (Å²) >= 11 is 2.87. The minimum absolute atomic E-state index is 0.159. The lowest BCUT2D eigenvalue weighted by molar-refractivity contribution is 0.103. The van der Waals surface area contributed by atoms with Crippen molar-refractivity contribution in [2.75, 3.05) is 12.4 Å². The first-order valence-corrected chi connectivity index (χ1v) is 10.3. The molecule has 0 atom stereocenters. The molecule has 1 N–H and O–H groups in total. The summed E-state index contributed by atoms with van der Waals surface area (Å²) in [5, 5.41) is 5.42. The lowest BCUT2D eigenvalue weighted by Crippen LogP contribution is -2.09. The van der Waals surface area contributed by atoms with E-state index in [-0.39, 0.29) is 5.91 Å². The highest BCUT2D eigenvalue weighted by Crippen LogP contribution is 2.28. The summed E-state index contributed by atoms with van der Waals surface area (Å²) in [5.74, 6) is 1.31. The third-order valence-electron chi connectivity index (χ3n) is 4.09. The predicted molar refractivity (Wildman–Crippen MR) is 114 cm³/mol. The maximum absolute atomic E-state index is 12.5. The number of thiazole rings is 1. The van der Waals surface area contributed by atoms with Crippen LogP contribution in [-0.4, -0.2) is 18.0 Å². The van der Waals surface area contributed by atoms with Gasteiger partial charge in [0.2, 0.25) is 0 Å². The smallest absolute Gasteiger partial charge is 0.267 e. The molecular formula is C21H18N2O3S2. The number of amides is 1. The Labute approximate surface area is 170 Å². The van der Waals surface area contributed by atoms with Gasteiger partial charge < -0.3 is 9.47 Å². The van der Waals surface area contributed by atoms with Crippen LogP contribution >= 0.6 is 22.7 Å². The molecule has 142 valence electrons. The molecule has 0 aliphatic heterocycles. The fraction of sp³-hybridized carbons (Fsp3) is 0.143. The monoisotopic (exact) mass is 410 g/mol. The fourth-order valence-corrected chi connectivity index (χ4v) is 4.42. The Morgan fingerprint density at radius 2 is 2.00 bits per heavy atom. The van der Waals surface area contributed by atoms with E-state index in [1.807, 2.05) is 54.8 Å². The van der Waals surface area contributed by atoms with Gasteiger partial charge in [-0.3, -0.25) is 10.1 Å². The highest BCUT2D eigenvalue weighted by molar-refractivity contribution is 7.22. The number of rotatable bonds is 6. The van der Waals surface area contributed by atoms with Crippen molar-refractivity contribution in [1.82, 2.24) is 4.98 Å². The number of carbonyl (C=O) groups is 1. The predicted octanol–water partition coefficient (Wildman–Crippen LogP) is 5.51. The van der Waals surface area contributed by atoms with Gasteiger partial charge in [-0.15, -0.1) is 11.3 Å². The summed E-state index contributed by atoms with van der Waals surface area (Å²) in [6.45, 7) is 2.43. The quantitative estimate of drug-likeness (QED) is 0.456. The van der Waals surface area contributed by atoms with Gasteiger partial charge in [0.1, 0.15) is 18.1 Å². The molecular weight excluding hydrogens is 392 g/mol. The van der Waals surface area contributed by atoms with E-state index in [1.165, 1.54) is 28.2 Å². The van der Waals surface area contributed by atoms with Crippen molar-refractivity contribution >= 4 is 43.9 Å². The van der Waals surface area contributed by atoms with Gasteiger partial charge in [-0.2, -0.15) is 0 Å². The van der Waals surface area contributed by atoms with Crippen LogP contribution < -0.4 is 14.8 Å². The molecule has 0 radical (unpaired) electrons. The molecule has 2 heterocycles. The average molecular weight is 411 g/mol. The Bertz CT molecular complexity index is 1130. The number of nitrogens with one attached hydrogen (secondary N) is 1. The lowest BCUT2D eigenvalue weighted by atomic mass is 10.2. The van der Waals surface area contributed by atoms with Gasteiger partial charge in [0.15, 0.2) is 5.13 Å². The second-order valence-electron chi connectivity index (χ2n) is 6.23. The summed E-state index contributed by atoms with van der Waals surface area (Å²) in [5.41, 5.74) is 3.01. The Balaban J connectivity index is 1.40. The number of aryl methyl sites for hydroxylation is 1. The van der Waals surface area contributed by atoms with Crippen molar-refractivity contribution in [1.29, 1.82) is 0 Å². The van der Waals surface area contributed by atoms with E-state index in [4.69, 9.17) is 9.47 Å². The number of hydrogen-bond donors (Lipinski definition) is 1. The van der Waals surface area contributed by atoms with Crippen LogP contribution in [0.4, 0.5) is 5.13 Å². The van der Waals surface area contributed by atoms with Crippen LogP contribution in [0.25, 0.3) is 10.2 Å². The molecule has 2 aromatic heterocycles. The SMILES string of the molecule is COc1cccc(OCc2csc(C(=O)Nc3nc4ccc(C)cc4s3)c2)c1. The largest absolute Gasteiger partial charge is 0.497 e. The highest BCUT2D eigenvalue weighted by atomic mass is 32.1. The van der Waals surface area contributed by atoms with Crippen LogP contribution in [0.3, 0.4) is 0 Å². The van der Waals surface area contributed by atoms with Gasteiger partial charge in [-0.25, -0.2) is 4.98 Å². The molecule has 4 aromatic rings. The van der Waals surface area contributed by atoms with E-state index >= 15 is 0 Å². The molecule has 4 rings (SSSR count). The second-order valence-corrected chi connectivity index (χ2v) is 8.17. The van der Waals surface area contributed by atoms with Crippen LogP contribution in [0.15, 0.2) is 53.9 Å². The van der Waals surface area contributed by atoms with Gasteiger partial charge in [-0.1, -0.05) is 23.5 Å². The van der Waals surface area contributed by atoms with Crippen molar-refractivity contribution in [3.63, 3.8) is 0 Å². The van der Waals surface area contributed by atoms with Crippen molar-refractivity contribution in [2.45, 2.75) is 13.5 Å². The molecule has 0 aliphatic rings. The maximum Gasteiger partial charge on any atom is 0.267 e. The number of aromatic nitrogens is 1. The highest BCUT2D eigenvalue weighted by Gasteiger charge is 2.13. The molecule has 0 saturated heterocycles. The number of thiophene rings is 1. The maximum atomic E-state index is 12.5. The second kappa shape index (κ2) is 8.00. The van der Waals surface area contributed by atoms with Crippen molar-refractivity contribution in [3.8, 4) is 11.5 Å². The Hall–Kier alpha value is -2.90. The number of ether oxygens (including phenoxy) is 2. The third-order valence-corrected chi connectivity index (χ3v) is 6.00. The van der Waals surface area contributed by atoms with Crippen molar-refractivity contribution in [3.05, 3.63) is 69.9 Å². The molecule has 7 heteroatoms. The van der Waals surface area contributed by atoms with Crippen LogP contribution in [0.1, 0.15) is 20.8 Å².